The molecule has 2 heterocycles. The van der Waals surface area contributed by atoms with Gasteiger partial charge < -0.3 is 20.3 Å². The van der Waals surface area contributed by atoms with E-state index in [-0.39, 0.29) is 24.2 Å². The number of phenolic OH excluding ortho intramolecular Hbond substituents is 1. The van der Waals surface area contributed by atoms with E-state index < -0.39 is 5.97 Å². The second-order valence-electron chi connectivity index (χ2n) is 4.77. The molecule has 1 unspecified atom stereocenters. The molecule has 1 aromatic carbocycles. The van der Waals surface area contributed by atoms with E-state index in [4.69, 9.17) is 15.2 Å². The molecule has 1 atom stereocenters. The molecule has 5 nitrogen and oxygen atoms in total. The first-order valence-corrected chi connectivity index (χ1v) is 7.70. The highest BCUT2D eigenvalue weighted by Gasteiger charge is 2.36. The van der Waals surface area contributed by atoms with Crippen LogP contribution in [0.3, 0.4) is 0 Å². The van der Waals surface area contributed by atoms with E-state index in [9.17, 15) is 9.90 Å². The van der Waals surface area contributed by atoms with Crippen molar-refractivity contribution >= 4 is 17.3 Å². The summed E-state index contributed by atoms with van der Waals surface area (Å²) in [5.74, 6) is -0.310. The molecule has 1 aliphatic heterocycles. The molecule has 3 N–H and O–H groups in total. The molecule has 0 saturated carbocycles. The van der Waals surface area contributed by atoms with Crippen molar-refractivity contribution in [3.63, 3.8) is 0 Å². The number of rotatable bonds is 3. The molecule has 22 heavy (non-hydrogen) atoms. The molecule has 0 amide bonds. The van der Waals surface area contributed by atoms with Crippen LogP contribution in [0.5, 0.6) is 11.5 Å². The summed E-state index contributed by atoms with van der Waals surface area (Å²) in [7, 11) is 0. The highest BCUT2D eigenvalue weighted by molar-refractivity contribution is 7.10. The normalized spacial score (nSPS) is 16.9. The number of nitrogens with two attached hydrogens (primary N) is 1. The quantitative estimate of drug-likeness (QED) is 0.851. The first-order valence-electron chi connectivity index (χ1n) is 6.82. The first kappa shape index (κ1) is 14.5. The Bertz CT molecular complexity index is 737. The number of benzene rings is 1. The third kappa shape index (κ3) is 2.42. The van der Waals surface area contributed by atoms with Crippen LogP contribution in [0, 0.1) is 0 Å². The van der Waals surface area contributed by atoms with Gasteiger partial charge in [0.1, 0.15) is 17.1 Å². The zero-order valence-electron chi connectivity index (χ0n) is 11.9. The van der Waals surface area contributed by atoms with Crippen LogP contribution in [0.15, 0.2) is 47.2 Å². The van der Waals surface area contributed by atoms with Crippen LogP contribution < -0.4 is 10.5 Å². The Hall–Kier alpha value is -2.47. The lowest BCUT2D eigenvalue weighted by Crippen LogP contribution is -2.27. The van der Waals surface area contributed by atoms with Gasteiger partial charge in [0.2, 0.25) is 5.88 Å². The minimum absolute atomic E-state index is 0.00921. The zero-order chi connectivity index (χ0) is 15.7. The van der Waals surface area contributed by atoms with Gasteiger partial charge in [-0.3, -0.25) is 0 Å². The van der Waals surface area contributed by atoms with Gasteiger partial charge in [-0.1, -0.05) is 12.1 Å². The summed E-state index contributed by atoms with van der Waals surface area (Å²) >= 11 is 1.52. The number of fused-ring (bicyclic) bond motifs is 1. The van der Waals surface area contributed by atoms with Crippen molar-refractivity contribution in [3.8, 4) is 11.5 Å². The van der Waals surface area contributed by atoms with E-state index in [1.54, 1.807) is 19.1 Å². The summed E-state index contributed by atoms with van der Waals surface area (Å²) in [6.45, 7) is 2.00. The van der Waals surface area contributed by atoms with Crippen LogP contribution in [0.25, 0.3) is 0 Å². The second-order valence-corrected chi connectivity index (χ2v) is 5.75. The van der Waals surface area contributed by atoms with Gasteiger partial charge in [-0.2, -0.15) is 0 Å². The van der Waals surface area contributed by atoms with E-state index in [1.807, 2.05) is 17.5 Å². The van der Waals surface area contributed by atoms with Crippen molar-refractivity contribution in [2.45, 2.75) is 12.8 Å². The molecular formula is C16H15NO4S. The van der Waals surface area contributed by atoms with Gasteiger partial charge in [0.05, 0.1) is 12.5 Å². The Morgan fingerprint density at radius 1 is 1.45 bits per heavy atom. The van der Waals surface area contributed by atoms with Gasteiger partial charge in [-0.05, 0) is 24.4 Å². The Morgan fingerprint density at radius 2 is 2.27 bits per heavy atom. The molecule has 0 aliphatic carbocycles. The van der Waals surface area contributed by atoms with Crippen LogP contribution in [-0.2, 0) is 9.53 Å². The average molecular weight is 317 g/mol. The maximum Gasteiger partial charge on any atom is 0.340 e. The molecule has 0 fully saturated rings. The maximum absolute atomic E-state index is 12.3. The fourth-order valence-corrected chi connectivity index (χ4v) is 3.35. The number of esters is 1. The number of carbonyl (C=O) groups excluding carboxylic acids is 1. The predicted molar refractivity (Wildman–Crippen MR) is 82.7 cm³/mol. The SMILES string of the molecule is CCOC(=O)C1=C(N)Oc2cc(O)ccc2C1c1cccs1. The van der Waals surface area contributed by atoms with Gasteiger partial charge in [-0.25, -0.2) is 4.79 Å². The summed E-state index contributed by atoms with van der Waals surface area (Å²) in [6.07, 6.45) is 0. The molecule has 3 rings (SSSR count). The fraction of sp³-hybridized carbons (Fsp3) is 0.188. The van der Waals surface area contributed by atoms with Crippen molar-refractivity contribution in [2.24, 2.45) is 5.73 Å². The number of ether oxygens (including phenoxy) is 2. The van der Waals surface area contributed by atoms with E-state index in [2.05, 4.69) is 0 Å². The predicted octanol–water partition coefficient (Wildman–Crippen LogP) is 2.71. The average Bonchev–Trinajstić information content (AvgIpc) is 2.99. The van der Waals surface area contributed by atoms with Crippen molar-refractivity contribution in [2.75, 3.05) is 6.61 Å². The first-order chi connectivity index (χ1) is 10.6. The third-order valence-electron chi connectivity index (χ3n) is 3.41. The van der Waals surface area contributed by atoms with Crippen LogP contribution in [0.4, 0.5) is 0 Å². The van der Waals surface area contributed by atoms with Crippen LogP contribution in [0.1, 0.15) is 23.3 Å². The maximum atomic E-state index is 12.3. The van der Waals surface area contributed by atoms with Gasteiger partial charge in [0.15, 0.2) is 0 Å². The Balaban J connectivity index is 2.16. The van der Waals surface area contributed by atoms with E-state index >= 15 is 0 Å². The van der Waals surface area contributed by atoms with Crippen molar-refractivity contribution in [3.05, 3.63) is 57.6 Å². The second kappa shape index (κ2) is 5.73. The highest BCUT2D eigenvalue weighted by atomic mass is 32.1. The van der Waals surface area contributed by atoms with Gasteiger partial charge in [-0.15, -0.1) is 11.3 Å². The van der Waals surface area contributed by atoms with Crippen molar-refractivity contribution < 1.29 is 19.4 Å². The molecular weight excluding hydrogens is 302 g/mol. The summed E-state index contributed by atoms with van der Waals surface area (Å²) in [4.78, 5) is 13.3. The number of hydrogen-bond acceptors (Lipinski definition) is 6. The number of thiophene rings is 1. The lowest BCUT2D eigenvalue weighted by atomic mass is 9.87. The van der Waals surface area contributed by atoms with E-state index in [1.165, 1.54) is 17.4 Å². The monoisotopic (exact) mass is 317 g/mol. The van der Waals surface area contributed by atoms with Crippen LogP contribution in [-0.4, -0.2) is 17.7 Å². The lowest BCUT2D eigenvalue weighted by Gasteiger charge is -2.27. The standard InChI is InChI=1S/C16H15NO4S/c1-2-20-16(19)14-13(12-4-3-7-22-12)10-6-5-9(18)8-11(10)21-15(14)17/h3-8,13,18H,2,17H2,1H3. The zero-order valence-corrected chi connectivity index (χ0v) is 12.7. The molecule has 0 radical (unpaired) electrons. The fourth-order valence-electron chi connectivity index (χ4n) is 2.50. The Morgan fingerprint density at radius 3 is 2.95 bits per heavy atom. The van der Waals surface area contributed by atoms with Crippen LogP contribution >= 0.6 is 11.3 Å². The minimum atomic E-state index is -0.489. The Kier molecular flexibility index (Phi) is 3.77. The number of aromatic hydroxyl groups is 1. The van der Waals surface area contributed by atoms with E-state index in [0.29, 0.717) is 11.3 Å². The van der Waals surface area contributed by atoms with Gasteiger partial charge in [0, 0.05) is 16.5 Å². The van der Waals surface area contributed by atoms with Gasteiger partial charge >= 0.3 is 5.97 Å². The molecule has 6 heteroatoms. The Labute approximate surface area is 131 Å². The molecule has 0 saturated heterocycles. The lowest BCUT2D eigenvalue weighted by molar-refractivity contribution is -0.139. The summed E-state index contributed by atoms with van der Waals surface area (Å²) < 4.78 is 10.6. The van der Waals surface area contributed by atoms with Crippen LogP contribution in [0.2, 0.25) is 0 Å². The molecule has 0 spiro atoms. The smallest absolute Gasteiger partial charge is 0.340 e. The number of phenols is 1. The molecule has 114 valence electrons. The topological polar surface area (TPSA) is 81.8 Å². The third-order valence-corrected chi connectivity index (χ3v) is 4.34. The van der Waals surface area contributed by atoms with Gasteiger partial charge in [0.25, 0.3) is 0 Å². The highest BCUT2D eigenvalue weighted by Crippen LogP contribution is 2.45. The summed E-state index contributed by atoms with van der Waals surface area (Å²) in [5, 5.41) is 11.6. The molecule has 1 aromatic heterocycles. The van der Waals surface area contributed by atoms with Crippen molar-refractivity contribution in [1.82, 2.24) is 0 Å². The summed E-state index contributed by atoms with van der Waals surface area (Å²) in [6, 6.07) is 8.64. The largest absolute Gasteiger partial charge is 0.508 e. The molecule has 0 bridgehead atoms. The molecule has 2 aromatic rings. The van der Waals surface area contributed by atoms with Crippen molar-refractivity contribution in [1.29, 1.82) is 0 Å². The minimum Gasteiger partial charge on any atom is -0.508 e. The molecule has 1 aliphatic rings. The number of hydrogen-bond donors (Lipinski definition) is 2. The summed E-state index contributed by atoms with van der Waals surface area (Å²) in [5.41, 5.74) is 7.02. The number of carbonyl (C=O) groups is 1. The van der Waals surface area contributed by atoms with E-state index in [0.717, 1.165) is 10.4 Å².